The zero-order chi connectivity index (χ0) is 16.7. The highest BCUT2D eigenvalue weighted by atomic mass is 32.2. The third-order valence-corrected chi connectivity index (χ3v) is 6.23. The SMILES string of the molecule is NS(=O)(=O)c1cc([N+](=O)[O-])ccc1N1CCC2(CCCC2)CC1. The third-order valence-electron chi connectivity index (χ3n) is 5.29. The van der Waals surface area contributed by atoms with Crippen LogP contribution in [0, 0.1) is 15.5 Å². The Morgan fingerprint density at radius 2 is 1.74 bits per heavy atom. The van der Waals surface area contributed by atoms with Crippen molar-refractivity contribution >= 4 is 21.4 Å². The fourth-order valence-electron chi connectivity index (χ4n) is 3.95. The molecule has 23 heavy (non-hydrogen) atoms. The van der Waals surface area contributed by atoms with Gasteiger partial charge in [0.15, 0.2) is 0 Å². The molecule has 0 aromatic heterocycles. The third kappa shape index (κ3) is 3.18. The number of nitro groups is 1. The van der Waals surface area contributed by atoms with Gasteiger partial charge >= 0.3 is 0 Å². The molecule has 2 N–H and O–H groups in total. The molecule has 1 aromatic rings. The van der Waals surface area contributed by atoms with Crippen LogP contribution in [0.3, 0.4) is 0 Å². The zero-order valence-corrected chi connectivity index (χ0v) is 13.7. The number of benzene rings is 1. The van der Waals surface area contributed by atoms with Crippen LogP contribution in [0.25, 0.3) is 0 Å². The average Bonchev–Trinajstić information content (AvgIpc) is 2.95. The molecule has 126 valence electrons. The summed E-state index contributed by atoms with van der Waals surface area (Å²) in [5, 5.41) is 16.2. The fraction of sp³-hybridized carbons (Fsp3) is 0.600. The summed E-state index contributed by atoms with van der Waals surface area (Å²) in [7, 11) is -4.01. The van der Waals surface area contributed by atoms with E-state index in [1.807, 2.05) is 4.90 Å². The van der Waals surface area contributed by atoms with E-state index in [-0.39, 0.29) is 10.6 Å². The highest BCUT2D eigenvalue weighted by Crippen LogP contribution is 2.47. The lowest BCUT2D eigenvalue weighted by Crippen LogP contribution is -2.39. The van der Waals surface area contributed by atoms with Crippen LogP contribution in [-0.4, -0.2) is 26.4 Å². The van der Waals surface area contributed by atoms with Crippen molar-refractivity contribution < 1.29 is 13.3 Å². The molecule has 2 aliphatic rings. The Morgan fingerprint density at radius 1 is 1.13 bits per heavy atom. The number of hydrogen-bond acceptors (Lipinski definition) is 5. The highest BCUT2D eigenvalue weighted by molar-refractivity contribution is 7.89. The summed E-state index contributed by atoms with van der Waals surface area (Å²) in [5.41, 5.74) is 0.631. The van der Waals surface area contributed by atoms with Gasteiger partial charge in [-0.05, 0) is 37.2 Å². The average molecular weight is 339 g/mol. The van der Waals surface area contributed by atoms with Gasteiger partial charge in [0.25, 0.3) is 5.69 Å². The second kappa shape index (κ2) is 5.76. The number of piperidine rings is 1. The minimum atomic E-state index is -4.01. The van der Waals surface area contributed by atoms with E-state index in [1.165, 1.54) is 37.8 Å². The summed E-state index contributed by atoms with van der Waals surface area (Å²) in [5.74, 6) is 0. The van der Waals surface area contributed by atoms with Gasteiger partial charge in [-0.1, -0.05) is 12.8 Å². The Morgan fingerprint density at radius 3 is 2.26 bits per heavy atom. The van der Waals surface area contributed by atoms with E-state index in [2.05, 4.69) is 0 Å². The maximum absolute atomic E-state index is 11.8. The number of primary sulfonamides is 1. The van der Waals surface area contributed by atoms with E-state index in [0.717, 1.165) is 32.0 Å². The molecule has 0 amide bonds. The molecular weight excluding hydrogens is 318 g/mol. The molecule has 1 heterocycles. The molecule has 0 radical (unpaired) electrons. The van der Waals surface area contributed by atoms with E-state index >= 15 is 0 Å². The Labute approximate surface area is 135 Å². The standard InChI is InChI=1S/C15H21N3O4S/c16-23(21,22)14-11-12(18(19)20)3-4-13(14)17-9-7-15(8-10-17)5-1-2-6-15/h3-4,11H,1-2,5-10H2,(H2,16,21,22). The van der Waals surface area contributed by atoms with Crippen LogP contribution in [0.1, 0.15) is 38.5 Å². The predicted octanol–water partition coefficient (Wildman–Crippen LogP) is 2.40. The lowest BCUT2D eigenvalue weighted by molar-refractivity contribution is -0.385. The molecule has 2 fully saturated rings. The largest absolute Gasteiger partial charge is 0.370 e. The van der Waals surface area contributed by atoms with Crippen LogP contribution < -0.4 is 10.0 Å². The number of anilines is 1. The summed E-state index contributed by atoms with van der Waals surface area (Å²) in [4.78, 5) is 12.1. The van der Waals surface area contributed by atoms with Crippen LogP contribution in [0.15, 0.2) is 23.1 Å². The van der Waals surface area contributed by atoms with Gasteiger partial charge in [-0.25, -0.2) is 13.6 Å². The second-order valence-corrected chi connectivity index (χ2v) is 8.18. The normalized spacial score (nSPS) is 20.8. The maximum atomic E-state index is 11.8. The van der Waals surface area contributed by atoms with Gasteiger partial charge in [0.1, 0.15) is 4.90 Å². The lowest BCUT2D eigenvalue weighted by atomic mass is 9.77. The number of hydrogen-bond donors (Lipinski definition) is 1. The lowest BCUT2D eigenvalue weighted by Gasteiger charge is -2.40. The van der Waals surface area contributed by atoms with E-state index in [1.54, 1.807) is 0 Å². The van der Waals surface area contributed by atoms with E-state index in [4.69, 9.17) is 5.14 Å². The number of nitro benzene ring substituents is 1. The zero-order valence-electron chi connectivity index (χ0n) is 12.9. The van der Waals surface area contributed by atoms with Crippen LogP contribution in [0.5, 0.6) is 0 Å². The number of non-ortho nitro benzene ring substituents is 1. The van der Waals surface area contributed by atoms with Gasteiger partial charge in [0.2, 0.25) is 10.0 Å². The van der Waals surface area contributed by atoms with Crippen molar-refractivity contribution in [1.29, 1.82) is 0 Å². The first-order valence-electron chi connectivity index (χ1n) is 7.87. The first-order chi connectivity index (χ1) is 10.8. The number of nitrogens with two attached hydrogens (primary N) is 1. The molecule has 1 aliphatic carbocycles. The van der Waals surface area contributed by atoms with Crippen molar-refractivity contribution in [2.75, 3.05) is 18.0 Å². The van der Waals surface area contributed by atoms with Gasteiger partial charge in [-0.2, -0.15) is 0 Å². The van der Waals surface area contributed by atoms with E-state index in [9.17, 15) is 18.5 Å². The number of sulfonamides is 1. The minimum absolute atomic E-state index is 0.158. The van der Waals surface area contributed by atoms with E-state index in [0.29, 0.717) is 11.1 Å². The molecule has 3 rings (SSSR count). The Balaban J connectivity index is 1.89. The maximum Gasteiger partial charge on any atom is 0.270 e. The fourth-order valence-corrected chi connectivity index (χ4v) is 4.73. The van der Waals surface area contributed by atoms with Crippen LogP contribution in [0.2, 0.25) is 0 Å². The highest BCUT2D eigenvalue weighted by Gasteiger charge is 2.37. The van der Waals surface area contributed by atoms with Crippen molar-refractivity contribution in [2.45, 2.75) is 43.4 Å². The van der Waals surface area contributed by atoms with Gasteiger partial charge in [-0.3, -0.25) is 10.1 Å². The van der Waals surface area contributed by atoms with Crippen molar-refractivity contribution in [3.63, 3.8) is 0 Å². The minimum Gasteiger partial charge on any atom is -0.370 e. The predicted molar refractivity (Wildman–Crippen MR) is 86.8 cm³/mol. The molecule has 1 saturated carbocycles. The molecule has 0 bridgehead atoms. The van der Waals surface area contributed by atoms with Crippen LogP contribution in [-0.2, 0) is 10.0 Å². The van der Waals surface area contributed by atoms with Gasteiger partial charge in [0, 0.05) is 25.2 Å². The first kappa shape index (κ1) is 16.2. The van der Waals surface area contributed by atoms with Gasteiger partial charge in [0.05, 0.1) is 10.6 Å². The van der Waals surface area contributed by atoms with Crippen LogP contribution >= 0.6 is 0 Å². The molecule has 0 unspecified atom stereocenters. The molecule has 1 spiro atoms. The number of nitrogens with zero attached hydrogens (tertiary/aromatic N) is 2. The molecular formula is C15H21N3O4S. The summed E-state index contributed by atoms with van der Waals surface area (Å²) in [6.45, 7) is 1.53. The van der Waals surface area contributed by atoms with Gasteiger partial charge in [-0.15, -0.1) is 0 Å². The quantitative estimate of drug-likeness (QED) is 0.672. The molecule has 1 saturated heterocycles. The summed E-state index contributed by atoms with van der Waals surface area (Å²) >= 11 is 0. The van der Waals surface area contributed by atoms with Crippen molar-refractivity contribution in [1.82, 2.24) is 0 Å². The first-order valence-corrected chi connectivity index (χ1v) is 9.42. The second-order valence-electron chi connectivity index (χ2n) is 6.65. The summed E-state index contributed by atoms with van der Waals surface area (Å²) < 4.78 is 23.7. The molecule has 0 atom stereocenters. The molecule has 7 nitrogen and oxygen atoms in total. The Hall–Kier alpha value is -1.67. The Bertz CT molecular complexity index is 716. The molecule has 8 heteroatoms. The Kier molecular flexibility index (Phi) is 4.05. The van der Waals surface area contributed by atoms with Crippen LogP contribution in [0.4, 0.5) is 11.4 Å². The monoisotopic (exact) mass is 339 g/mol. The van der Waals surface area contributed by atoms with Crippen molar-refractivity contribution in [2.24, 2.45) is 10.6 Å². The summed E-state index contributed by atoms with van der Waals surface area (Å²) in [6, 6.07) is 3.90. The van der Waals surface area contributed by atoms with Crippen molar-refractivity contribution in [3.8, 4) is 0 Å². The number of rotatable bonds is 3. The van der Waals surface area contributed by atoms with E-state index < -0.39 is 14.9 Å². The van der Waals surface area contributed by atoms with Gasteiger partial charge < -0.3 is 4.90 Å². The molecule has 1 aromatic carbocycles. The smallest absolute Gasteiger partial charge is 0.270 e. The molecule has 1 aliphatic heterocycles. The van der Waals surface area contributed by atoms with Crippen molar-refractivity contribution in [3.05, 3.63) is 28.3 Å². The topological polar surface area (TPSA) is 107 Å². The summed E-state index contributed by atoms with van der Waals surface area (Å²) in [6.07, 6.45) is 7.13.